The standard InChI is InChI=1S/C12H14F3N3O2/c13-12(14,15)20-11(9-4-2-1-3-5-9)8-17-6-7-18(11)10(16)19/h1-5,17H,6-8H2,(H2,16,19). The fourth-order valence-corrected chi connectivity index (χ4v) is 2.31. The van der Waals surface area contributed by atoms with Crippen molar-refractivity contribution >= 4 is 6.03 Å². The second-order valence-electron chi connectivity index (χ2n) is 4.36. The van der Waals surface area contributed by atoms with Crippen molar-refractivity contribution in [3.63, 3.8) is 0 Å². The van der Waals surface area contributed by atoms with E-state index in [4.69, 9.17) is 5.73 Å². The van der Waals surface area contributed by atoms with Crippen molar-refractivity contribution < 1.29 is 22.7 Å². The van der Waals surface area contributed by atoms with E-state index < -0.39 is 18.1 Å². The van der Waals surface area contributed by atoms with Gasteiger partial charge in [0.2, 0.25) is 0 Å². The SMILES string of the molecule is NC(=O)N1CCNCC1(OC(F)(F)F)c1ccccc1. The maximum atomic E-state index is 12.8. The van der Waals surface area contributed by atoms with Crippen molar-refractivity contribution in [2.24, 2.45) is 5.73 Å². The van der Waals surface area contributed by atoms with Crippen LogP contribution in [0.25, 0.3) is 0 Å². The monoisotopic (exact) mass is 289 g/mol. The minimum Gasteiger partial charge on any atom is -0.351 e. The molecule has 2 amide bonds. The first-order chi connectivity index (χ1) is 9.35. The number of ether oxygens (including phenoxy) is 1. The summed E-state index contributed by atoms with van der Waals surface area (Å²) in [5.74, 6) is 0. The van der Waals surface area contributed by atoms with Crippen LogP contribution in [0.3, 0.4) is 0 Å². The molecule has 8 heteroatoms. The van der Waals surface area contributed by atoms with Crippen LogP contribution in [0, 0.1) is 0 Å². The van der Waals surface area contributed by atoms with Gasteiger partial charge in [0.15, 0.2) is 5.72 Å². The highest BCUT2D eigenvalue weighted by Crippen LogP contribution is 2.37. The quantitative estimate of drug-likeness (QED) is 0.864. The number of nitrogens with one attached hydrogen (secondary N) is 1. The normalized spacial score (nSPS) is 23.6. The zero-order valence-electron chi connectivity index (χ0n) is 10.5. The minimum atomic E-state index is -4.90. The molecule has 1 aliphatic rings. The largest absolute Gasteiger partial charge is 0.524 e. The number of piperazine rings is 1. The Bertz CT molecular complexity index is 481. The van der Waals surface area contributed by atoms with E-state index in [1.54, 1.807) is 18.2 Å². The molecule has 0 saturated carbocycles. The third-order valence-electron chi connectivity index (χ3n) is 3.09. The van der Waals surface area contributed by atoms with Gasteiger partial charge in [-0.3, -0.25) is 9.64 Å². The number of carbonyl (C=O) groups is 1. The average molecular weight is 289 g/mol. The third kappa shape index (κ3) is 2.86. The predicted molar refractivity (Wildman–Crippen MR) is 64.4 cm³/mol. The number of hydrogen-bond donors (Lipinski definition) is 2. The lowest BCUT2D eigenvalue weighted by atomic mass is 9.98. The second-order valence-corrected chi connectivity index (χ2v) is 4.36. The van der Waals surface area contributed by atoms with Gasteiger partial charge in [-0.05, 0) is 0 Å². The zero-order valence-corrected chi connectivity index (χ0v) is 10.5. The van der Waals surface area contributed by atoms with Gasteiger partial charge >= 0.3 is 12.4 Å². The number of rotatable bonds is 2. The molecule has 1 aromatic rings. The third-order valence-corrected chi connectivity index (χ3v) is 3.09. The number of primary amides is 1. The van der Waals surface area contributed by atoms with Crippen LogP contribution in [-0.4, -0.2) is 36.9 Å². The molecular formula is C12H14F3N3O2. The van der Waals surface area contributed by atoms with E-state index in [1.165, 1.54) is 12.1 Å². The van der Waals surface area contributed by atoms with Crippen LogP contribution >= 0.6 is 0 Å². The van der Waals surface area contributed by atoms with E-state index in [0.717, 1.165) is 4.90 Å². The Kier molecular flexibility index (Phi) is 3.87. The highest BCUT2D eigenvalue weighted by Gasteiger charge is 2.51. The Balaban J connectivity index is 2.49. The Hall–Kier alpha value is -1.80. The Morgan fingerprint density at radius 1 is 1.35 bits per heavy atom. The molecule has 1 aliphatic heterocycles. The molecular weight excluding hydrogens is 275 g/mol. The number of benzene rings is 1. The Morgan fingerprint density at radius 3 is 2.55 bits per heavy atom. The Labute approximate surface area is 113 Å². The van der Waals surface area contributed by atoms with Crippen LogP contribution < -0.4 is 11.1 Å². The van der Waals surface area contributed by atoms with Crippen molar-refractivity contribution in [2.75, 3.05) is 19.6 Å². The van der Waals surface area contributed by atoms with Gasteiger partial charge < -0.3 is 11.1 Å². The maximum Gasteiger partial charge on any atom is 0.524 e. The van der Waals surface area contributed by atoms with Crippen LogP contribution in [0.15, 0.2) is 30.3 Å². The molecule has 1 atom stereocenters. The average Bonchev–Trinajstić information content (AvgIpc) is 2.38. The lowest BCUT2D eigenvalue weighted by molar-refractivity contribution is -0.392. The first-order valence-electron chi connectivity index (χ1n) is 5.95. The molecule has 20 heavy (non-hydrogen) atoms. The van der Waals surface area contributed by atoms with E-state index in [0.29, 0.717) is 6.54 Å². The van der Waals surface area contributed by atoms with E-state index in [1.807, 2.05) is 0 Å². The molecule has 1 unspecified atom stereocenters. The molecule has 0 aliphatic carbocycles. The van der Waals surface area contributed by atoms with Gasteiger partial charge in [-0.2, -0.15) is 0 Å². The molecule has 1 fully saturated rings. The first kappa shape index (κ1) is 14.6. The number of nitrogens with two attached hydrogens (primary N) is 1. The summed E-state index contributed by atoms with van der Waals surface area (Å²) in [4.78, 5) is 12.4. The molecule has 1 saturated heterocycles. The van der Waals surface area contributed by atoms with Crippen LogP contribution in [0.2, 0.25) is 0 Å². The van der Waals surface area contributed by atoms with Gasteiger partial charge in [0.1, 0.15) is 0 Å². The maximum absolute atomic E-state index is 12.8. The van der Waals surface area contributed by atoms with Gasteiger partial charge in [-0.1, -0.05) is 30.3 Å². The topological polar surface area (TPSA) is 67.6 Å². The van der Waals surface area contributed by atoms with Crippen LogP contribution in [0.4, 0.5) is 18.0 Å². The Morgan fingerprint density at radius 2 is 2.00 bits per heavy atom. The minimum absolute atomic E-state index is 0.0281. The van der Waals surface area contributed by atoms with Gasteiger partial charge in [0.05, 0.1) is 0 Å². The second kappa shape index (κ2) is 5.29. The molecule has 0 spiro atoms. The fourth-order valence-electron chi connectivity index (χ4n) is 2.31. The van der Waals surface area contributed by atoms with E-state index in [9.17, 15) is 18.0 Å². The molecule has 1 heterocycles. The van der Waals surface area contributed by atoms with E-state index >= 15 is 0 Å². The van der Waals surface area contributed by atoms with Crippen molar-refractivity contribution in [1.29, 1.82) is 0 Å². The predicted octanol–water partition coefficient (Wildman–Crippen LogP) is 1.36. The molecule has 1 aromatic carbocycles. The van der Waals surface area contributed by atoms with Crippen LogP contribution in [-0.2, 0) is 10.5 Å². The summed E-state index contributed by atoms with van der Waals surface area (Å²) >= 11 is 0. The highest BCUT2D eigenvalue weighted by atomic mass is 19.4. The van der Waals surface area contributed by atoms with Crippen molar-refractivity contribution in [2.45, 2.75) is 12.1 Å². The number of halogens is 3. The summed E-state index contributed by atoms with van der Waals surface area (Å²) in [6, 6.07) is 6.79. The molecule has 110 valence electrons. The van der Waals surface area contributed by atoms with Gasteiger partial charge in [0.25, 0.3) is 0 Å². The fraction of sp³-hybridized carbons (Fsp3) is 0.417. The highest BCUT2D eigenvalue weighted by molar-refractivity contribution is 5.73. The van der Waals surface area contributed by atoms with Crippen molar-refractivity contribution in [3.05, 3.63) is 35.9 Å². The molecule has 0 radical (unpaired) electrons. The number of amides is 2. The number of hydrogen-bond acceptors (Lipinski definition) is 3. The molecule has 0 aromatic heterocycles. The van der Waals surface area contributed by atoms with Gasteiger partial charge in [0, 0.05) is 25.2 Å². The molecule has 2 rings (SSSR count). The lowest BCUT2D eigenvalue weighted by Crippen LogP contribution is -2.64. The van der Waals surface area contributed by atoms with Gasteiger partial charge in [-0.15, -0.1) is 13.2 Å². The smallest absolute Gasteiger partial charge is 0.351 e. The summed E-state index contributed by atoms with van der Waals surface area (Å²) in [5, 5.41) is 2.81. The summed E-state index contributed by atoms with van der Waals surface area (Å²) in [6.07, 6.45) is -4.90. The summed E-state index contributed by atoms with van der Waals surface area (Å²) in [6.45, 7) is 0.179. The van der Waals surface area contributed by atoms with E-state index in [-0.39, 0.29) is 18.7 Å². The number of urea groups is 1. The van der Waals surface area contributed by atoms with Gasteiger partial charge in [-0.25, -0.2) is 4.79 Å². The van der Waals surface area contributed by atoms with Crippen molar-refractivity contribution in [1.82, 2.24) is 10.2 Å². The summed E-state index contributed by atoms with van der Waals surface area (Å²) in [7, 11) is 0. The van der Waals surface area contributed by atoms with E-state index in [2.05, 4.69) is 10.1 Å². The summed E-state index contributed by atoms with van der Waals surface area (Å²) in [5.41, 5.74) is 3.44. The molecule has 0 bridgehead atoms. The lowest BCUT2D eigenvalue weighted by Gasteiger charge is -2.46. The number of alkyl halides is 3. The molecule has 5 nitrogen and oxygen atoms in total. The zero-order chi connectivity index (χ0) is 14.8. The summed E-state index contributed by atoms with van der Waals surface area (Å²) < 4.78 is 42.6. The van der Waals surface area contributed by atoms with Crippen LogP contribution in [0.5, 0.6) is 0 Å². The first-order valence-corrected chi connectivity index (χ1v) is 5.95. The van der Waals surface area contributed by atoms with Crippen LogP contribution in [0.1, 0.15) is 5.56 Å². The van der Waals surface area contributed by atoms with Crippen molar-refractivity contribution in [3.8, 4) is 0 Å². The number of nitrogens with zero attached hydrogens (tertiary/aromatic N) is 1. The number of carbonyl (C=O) groups excluding carboxylic acids is 1. The molecule has 3 N–H and O–H groups in total.